The molecular formula is C20H16F3N3O4. The third kappa shape index (κ3) is 2.71. The Morgan fingerprint density at radius 1 is 1.13 bits per heavy atom. The van der Waals surface area contributed by atoms with Crippen LogP contribution in [0, 0.1) is 0 Å². The van der Waals surface area contributed by atoms with Crippen molar-refractivity contribution in [3.8, 4) is 11.5 Å². The summed E-state index contributed by atoms with van der Waals surface area (Å²) in [6.07, 6.45) is -5.71. The van der Waals surface area contributed by atoms with Crippen molar-refractivity contribution in [3.05, 3.63) is 53.9 Å². The SMILES string of the molecule is COc1cc2nc3n(c2cc1OC)C(NC(=O)c1ccccc1)(C(F)(F)F)C(=O)C3. The summed E-state index contributed by atoms with van der Waals surface area (Å²) in [5, 5.41) is 1.94. The average molecular weight is 419 g/mol. The number of ether oxygens (including phenoxy) is 2. The van der Waals surface area contributed by atoms with Gasteiger partial charge >= 0.3 is 6.18 Å². The number of carbonyl (C=O) groups is 2. The summed E-state index contributed by atoms with van der Waals surface area (Å²) in [6.45, 7) is 0. The van der Waals surface area contributed by atoms with Crippen molar-refractivity contribution >= 4 is 22.7 Å². The van der Waals surface area contributed by atoms with E-state index in [0.29, 0.717) is 0 Å². The zero-order valence-corrected chi connectivity index (χ0v) is 15.9. The van der Waals surface area contributed by atoms with Crippen molar-refractivity contribution in [3.63, 3.8) is 0 Å². The quantitative estimate of drug-likeness (QED) is 0.703. The molecule has 1 aliphatic rings. The topological polar surface area (TPSA) is 82.4 Å². The van der Waals surface area contributed by atoms with Gasteiger partial charge in [-0.2, -0.15) is 13.2 Å². The number of aromatic nitrogens is 2. The number of alkyl halides is 3. The summed E-state index contributed by atoms with van der Waals surface area (Å²) in [4.78, 5) is 29.5. The lowest BCUT2D eigenvalue weighted by molar-refractivity contribution is -0.214. The zero-order chi connectivity index (χ0) is 21.7. The van der Waals surface area contributed by atoms with Crippen LogP contribution in [0.4, 0.5) is 13.2 Å². The summed E-state index contributed by atoms with van der Waals surface area (Å²) < 4.78 is 54.3. The van der Waals surface area contributed by atoms with E-state index < -0.39 is 30.0 Å². The number of hydrogen-bond donors (Lipinski definition) is 1. The summed E-state index contributed by atoms with van der Waals surface area (Å²) in [5.41, 5.74) is -3.13. The molecule has 0 bridgehead atoms. The Kier molecular flexibility index (Phi) is 4.44. The van der Waals surface area contributed by atoms with Gasteiger partial charge in [-0.3, -0.25) is 14.2 Å². The molecule has 1 aromatic heterocycles. The molecule has 0 aliphatic carbocycles. The Morgan fingerprint density at radius 2 is 1.77 bits per heavy atom. The van der Waals surface area contributed by atoms with Gasteiger partial charge in [-0.1, -0.05) is 18.2 Å². The normalized spacial score (nSPS) is 18.4. The molecule has 1 amide bonds. The first kappa shape index (κ1) is 19.7. The second-order valence-electron chi connectivity index (χ2n) is 6.69. The maximum Gasteiger partial charge on any atom is 0.438 e. The smallest absolute Gasteiger partial charge is 0.438 e. The van der Waals surface area contributed by atoms with Crippen LogP contribution in [0.2, 0.25) is 0 Å². The van der Waals surface area contributed by atoms with Crippen molar-refractivity contribution in [2.45, 2.75) is 18.3 Å². The zero-order valence-electron chi connectivity index (χ0n) is 15.9. The van der Waals surface area contributed by atoms with Gasteiger partial charge in [0.05, 0.1) is 31.7 Å². The van der Waals surface area contributed by atoms with Crippen LogP contribution in [0.15, 0.2) is 42.5 Å². The van der Waals surface area contributed by atoms with Gasteiger partial charge in [0.25, 0.3) is 11.6 Å². The molecule has 0 radical (unpaired) electrons. The van der Waals surface area contributed by atoms with Crippen LogP contribution >= 0.6 is 0 Å². The Hall–Kier alpha value is -3.56. The summed E-state index contributed by atoms with van der Waals surface area (Å²) in [5.74, 6) is -1.93. The van der Waals surface area contributed by atoms with Gasteiger partial charge in [-0.15, -0.1) is 0 Å². The van der Waals surface area contributed by atoms with E-state index >= 15 is 0 Å². The second kappa shape index (κ2) is 6.75. The molecule has 1 N–H and O–H groups in total. The van der Waals surface area contributed by atoms with E-state index in [0.717, 1.165) is 4.57 Å². The lowest BCUT2D eigenvalue weighted by atomic mass is 10.0. The molecule has 30 heavy (non-hydrogen) atoms. The number of amides is 1. The Morgan fingerprint density at radius 3 is 2.37 bits per heavy atom. The van der Waals surface area contributed by atoms with Crippen molar-refractivity contribution in [2.75, 3.05) is 14.2 Å². The molecule has 0 spiro atoms. The van der Waals surface area contributed by atoms with Crippen LogP contribution in [0.25, 0.3) is 11.0 Å². The molecular weight excluding hydrogens is 403 g/mol. The van der Waals surface area contributed by atoms with Crippen molar-refractivity contribution in [2.24, 2.45) is 0 Å². The number of carbonyl (C=O) groups excluding carboxylic acids is 2. The Bertz CT molecular complexity index is 1160. The van der Waals surface area contributed by atoms with E-state index in [1.165, 1.54) is 50.6 Å². The molecule has 1 aliphatic heterocycles. The van der Waals surface area contributed by atoms with Gasteiger partial charge in [-0.25, -0.2) is 4.98 Å². The molecule has 4 rings (SSSR count). The highest BCUT2D eigenvalue weighted by Gasteiger charge is 2.66. The largest absolute Gasteiger partial charge is 0.493 e. The fraction of sp³-hybridized carbons (Fsp3) is 0.250. The lowest BCUT2D eigenvalue weighted by Gasteiger charge is -2.33. The Labute approximate surface area is 168 Å². The number of ketones is 1. The average Bonchev–Trinajstić information content (AvgIpc) is 3.20. The maximum atomic E-state index is 14.4. The van der Waals surface area contributed by atoms with E-state index in [9.17, 15) is 22.8 Å². The number of halogens is 3. The van der Waals surface area contributed by atoms with Gasteiger partial charge in [0.1, 0.15) is 5.82 Å². The summed E-state index contributed by atoms with van der Waals surface area (Å²) >= 11 is 0. The number of rotatable bonds is 4. The standard InChI is InChI=1S/C20H16F3N3O4/c1-29-14-8-12-13(9-15(14)30-2)26-17(24-12)10-16(27)19(26,20(21,22)23)25-18(28)11-6-4-3-5-7-11/h3-9H,10H2,1-2H3,(H,25,28). The second-order valence-corrected chi connectivity index (χ2v) is 6.69. The Balaban J connectivity index is 1.95. The van der Waals surface area contributed by atoms with Crippen LogP contribution in [0.3, 0.4) is 0 Å². The van der Waals surface area contributed by atoms with Crippen molar-refractivity contribution in [1.29, 1.82) is 0 Å². The molecule has 0 fully saturated rings. The molecule has 2 heterocycles. The monoisotopic (exact) mass is 419 g/mol. The third-order valence-electron chi connectivity index (χ3n) is 5.03. The number of nitrogens with zero attached hydrogens (tertiary/aromatic N) is 2. The number of hydrogen-bond acceptors (Lipinski definition) is 5. The van der Waals surface area contributed by atoms with Gasteiger partial charge < -0.3 is 14.8 Å². The molecule has 1 atom stereocenters. The van der Waals surface area contributed by atoms with E-state index in [1.54, 1.807) is 6.07 Å². The van der Waals surface area contributed by atoms with E-state index in [4.69, 9.17) is 9.47 Å². The molecule has 2 aromatic carbocycles. The number of imidazole rings is 1. The molecule has 156 valence electrons. The number of methoxy groups -OCH3 is 2. The van der Waals surface area contributed by atoms with Crippen LogP contribution in [-0.4, -0.2) is 41.6 Å². The first-order valence-corrected chi connectivity index (χ1v) is 8.84. The van der Waals surface area contributed by atoms with Crippen molar-refractivity contribution in [1.82, 2.24) is 14.9 Å². The predicted octanol–water partition coefficient (Wildman–Crippen LogP) is 2.82. The highest BCUT2D eigenvalue weighted by Crippen LogP contribution is 2.45. The van der Waals surface area contributed by atoms with Crippen molar-refractivity contribution < 1.29 is 32.2 Å². The minimum Gasteiger partial charge on any atom is -0.493 e. The van der Waals surface area contributed by atoms with Crippen LogP contribution in [0.1, 0.15) is 16.2 Å². The minimum atomic E-state index is -5.12. The predicted molar refractivity (Wildman–Crippen MR) is 99.5 cm³/mol. The van der Waals surface area contributed by atoms with Gasteiger partial charge in [-0.05, 0) is 12.1 Å². The fourth-order valence-corrected chi connectivity index (χ4v) is 3.65. The van der Waals surface area contributed by atoms with Crippen LogP contribution < -0.4 is 14.8 Å². The fourth-order valence-electron chi connectivity index (χ4n) is 3.65. The minimum absolute atomic E-state index is 0.00829. The number of nitrogens with one attached hydrogen (secondary N) is 1. The number of fused-ring (bicyclic) bond motifs is 3. The van der Waals surface area contributed by atoms with E-state index in [-0.39, 0.29) is 33.9 Å². The highest BCUT2D eigenvalue weighted by molar-refractivity contribution is 6.02. The van der Waals surface area contributed by atoms with Crippen LogP contribution in [0.5, 0.6) is 11.5 Å². The van der Waals surface area contributed by atoms with Crippen LogP contribution in [-0.2, 0) is 16.9 Å². The first-order valence-electron chi connectivity index (χ1n) is 8.84. The molecule has 3 aromatic rings. The van der Waals surface area contributed by atoms with Gasteiger partial charge in [0.2, 0.25) is 0 Å². The maximum absolute atomic E-state index is 14.4. The van der Waals surface area contributed by atoms with Gasteiger partial charge in [0.15, 0.2) is 17.3 Å². The van der Waals surface area contributed by atoms with E-state index in [2.05, 4.69) is 4.98 Å². The van der Waals surface area contributed by atoms with E-state index in [1.807, 2.05) is 5.32 Å². The highest BCUT2D eigenvalue weighted by atomic mass is 19.4. The molecule has 0 saturated carbocycles. The van der Waals surface area contributed by atoms with Gasteiger partial charge in [0, 0.05) is 17.7 Å². The molecule has 7 nitrogen and oxygen atoms in total. The molecule has 10 heteroatoms. The lowest BCUT2D eigenvalue weighted by Crippen LogP contribution is -2.62. The summed E-state index contributed by atoms with van der Waals surface area (Å²) in [7, 11) is 2.72. The first-order chi connectivity index (χ1) is 14.2. The number of Topliss-reactive ketones (excluding diaryl/α,β-unsaturated/α-hetero) is 1. The molecule has 0 saturated heterocycles. The molecule has 1 unspecified atom stereocenters. The third-order valence-corrected chi connectivity index (χ3v) is 5.03. The summed E-state index contributed by atoms with van der Waals surface area (Å²) in [6, 6.07) is 10.1. The number of benzene rings is 2.